The predicted molar refractivity (Wildman–Crippen MR) is 113 cm³/mol. The lowest BCUT2D eigenvalue weighted by Crippen LogP contribution is -2.35. The highest BCUT2D eigenvalue weighted by atomic mass is 16.5. The van der Waals surface area contributed by atoms with Crippen molar-refractivity contribution in [2.75, 3.05) is 25.0 Å². The minimum Gasteiger partial charge on any atom is -0.483 e. The monoisotopic (exact) mass is 392 g/mol. The van der Waals surface area contributed by atoms with Crippen molar-refractivity contribution >= 4 is 17.5 Å². The Labute approximate surface area is 172 Å². The highest BCUT2D eigenvalue weighted by Crippen LogP contribution is 2.29. The van der Waals surface area contributed by atoms with Gasteiger partial charge in [-0.05, 0) is 86.4 Å². The number of fused-ring (bicyclic) bond motifs is 1. The van der Waals surface area contributed by atoms with Crippen molar-refractivity contribution in [3.63, 3.8) is 0 Å². The number of carbonyl (C=O) groups is 2. The van der Waals surface area contributed by atoms with Crippen LogP contribution in [0.3, 0.4) is 0 Å². The van der Waals surface area contributed by atoms with Crippen molar-refractivity contribution in [1.82, 2.24) is 4.90 Å². The molecule has 1 fully saturated rings. The second-order valence-electron chi connectivity index (χ2n) is 7.87. The van der Waals surface area contributed by atoms with Gasteiger partial charge in [0.25, 0.3) is 11.8 Å². The van der Waals surface area contributed by atoms with E-state index < -0.39 is 0 Å². The van der Waals surface area contributed by atoms with Crippen LogP contribution in [0.4, 0.5) is 5.69 Å². The first-order chi connectivity index (χ1) is 14.2. The van der Waals surface area contributed by atoms with E-state index in [2.05, 4.69) is 11.4 Å². The average Bonchev–Trinajstić information content (AvgIpc) is 2.78. The topological polar surface area (TPSA) is 58.6 Å². The van der Waals surface area contributed by atoms with Crippen molar-refractivity contribution in [3.05, 3.63) is 59.2 Å². The molecule has 1 aliphatic heterocycles. The number of carbonyl (C=O) groups excluding carboxylic acids is 2. The molecule has 2 amide bonds. The van der Waals surface area contributed by atoms with Gasteiger partial charge in [-0.2, -0.15) is 0 Å². The van der Waals surface area contributed by atoms with Gasteiger partial charge < -0.3 is 15.0 Å². The lowest BCUT2D eigenvalue weighted by molar-refractivity contribution is -0.118. The number of anilines is 1. The number of amides is 2. The Hall–Kier alpha value is -2.82. The SMILES string of the molecule is O=C(COc1cccc2c1CCCC2)Nc1ccc(C(=O)N2CCCCC2)cc1. The van der Waals surface area contributed by atoms with Gasteiger partial charge in [-0.1, -0.05) is 12.1 Å². The molecular formula is C24H28N2O3. The predicted octanol–water partition coefficient (Wildman–Crippen LogP) is 4.21. The molecule has 0 unspecified atom stereocenters. The molecular weight excluding hydrogens is 364 g/mol. The molecule has 0 saturated carbocycles. The van der Waals surface area contributed by atoms with E-state index in [1.165, 1.54) is 30.4 Å². The standard InChI is InChI=1S/C24H28N2O3/c27-23(17-29-22-10-6-8-18-7-2-3-9-21(18)22)25-20-13-11-19(12-14-20)24(28)26-15-4-1-5-16-26/h6,8,10-14H,1-5,7,9,15-17H2,(H,25,27). The van der Waals surface area contributed by atoms with Crippen molar-refractivity contribution in [3.8, 4) is 5.75 Å². The summed E-state index contributed by atoms with van der Waals surface area (Å²) in [6, 6.07) is 13.2. The van der Waals surface area contributed by atoms with Crippen LogP contribution in [0.2, 0.25) is 0 Å². The molecule has 0 radical (unpaired) electrons. The van der Waals surface area contributed by atoms with Crippen LogP contribution in [0.1, 0.15) is 53.6 Å². The maximum absolute atomic E-state index is 12.5. The number of ether oxygens (including phenoxy) is 1. The molecule has 5 heteroatoms. The first-order valence-corrected chi connectivity index (χ1v) is 10.6. The number of nitrogens with zero attached hydrogens (tertiary/aromatic N) is 1. The minimum atomic E-state index is -0.200. The van der Waals surface area contributed by atoms with E-state index in [0.717, 1.165) is 44.5 Å². The summed E-state index contributed by atoms with van der Waals surface area (Å²) in [7, 11) is 0. The van der Waals surface area contributed by atoms with Gasteiger partial charge in [0.2, 0.25) is 0 Å². The van der Waals surface area contributed by atoms with Gasteiger partial charge in [0.1, 0.15) is 5.75 Å². The summed E-state index contributed by atoms with van der Waals surface area (Å²) in [5.41, 5.74) is 3.91. The van der Waals surface area contributed by atoms with Gasteiger partial charge in [0.15, 0.2) is 6.61 Å². The molecule has 1 N–H and O–H groups in total. The lowest BCUT2D eigenvalue weighted by Gasteiger charge is -2.26. The summed E-state index contributed by atoms with van der Waals surface area (Å²) in [4.78, 5) is 26.7. The van der Waals surface area contributed by atoms with Crippen molar-refractivity contribution in [1.29, 1.82) is 0 Å². The first-order valence-electron chi connectivity index (χ1n) is 10.6. The molecule has 0 bridgehead atoms. The number of hydrogen-bond acceptors (Lipinski definition) is 3. The second-order valence-corrected chi connectivity index (χ2v) is 7.87. The van der Waals surface area contributed by atoms with Crippen LogP contribution >= 0.6 is 0 Å². The van der Waals surface area contributed by atoms with E-state index in [1.807, 2.05) is 17.0 Å². The molecule has 1 heterocycles. The molecule has 1 aliphatic carbocycles. The third-order valence-electron chi connectivity index (χ3n) is 5.77. The smallest absolute Gasteiger partial charge is 0.262 e. The Kier molecular flexibility index (Phi) is 6.13. The van der Waals surface area contributed by atoms with Crippen molar-refractivity contribution in [2.45, 2.75) is 44.9 Å². The summed E-state index contributed by atoms with van der Waals surface area (Å²) in [5, 5.41) is 2.85. The zero-order chi connectivity index (χ0) is 20.1. The Balaban J connectivity index is 1.31. The number of aryl methyl sites for hydroxylation is 1. The lowest BCUT2D eigenvalue weighted by atomic mass is 9.91. The normalized spacial score (nSPS) is 16.1. The molecule has 0 spiro atoms. The van der Waals surface area contributed by atoms with Crippen LogP contribution in [0.15, 0.2) is 42.5 Å². The highest BCUT2D eigenvalue weighted by molar-refractivity contribution is 5.96. The third-order valence-corrected chi connectivity index (χ3v) is 5.77. The zero-order valence-corrected chi connectivity index (χ0v) is 16.8. The van der Waals surface area contributed by atoms with E-state index in [0.29, 0.717) is 11.3 Å². The Bertz CT molecular complexity index is 870. The summed E-state index contributed by atoms with van der Waals surface area (Å²) in [6.45, 7) is 1.64. The van der Waals surface area contributed by atoms with Crippen LogP contribution < -0.4 is 10.1 Å². The molecule has 2 aliphatic rings. The summed E-state index contributed by atoms with van der Waals surface area (Å²) in [6.07, 6.45) is 7.83. The number of piperidine rings is 1. The number of benzene rings is 2. The van der Waals surface area contributed by atoms with Gasteiger partial charge in [-0.15, -0.1) is 0 Å². The van der Waals surface area contributed by atoms with E-state index in [9.17, 15) is 9.59 Å². The van der Waals surface area contributed by atoms with Gasteiger partial charge in [-0.3, -0.25) is 9.59 Å². The van der Waals surface area contributed by atoms with Crippen LogP contribution in [0, 0.1) is 0 Å². The molecule has 2 aromatic rings. The molecule has 0 aromatic heterocycles. The Morgan fingerprint density at radius 3 is 2.45 bits per heavy atom. The first kappa shape index (κ1) is 19.5. The second kappa shape index (κ2) is 9.12. The van der Waals surface area contributed by atoms with Crippen LogP contribution in [0.5, 0.6) is 5.75 Å². The van der Waals surface area contributed by atoms with Gasteiger partial charge in [0, 0.05) is 24.3 Å². The van der Waals surface area contributed by atoms with E-state index in [-0.39, 0.29) is 18.4 Å². The molecule has 1 saturated heterocycles. The quantitative estimate of drug-likeness (QED) is 0.829. The van der Waals surface area contributed by atoms with Crippen molar-refractivity contribution in [2.24, 2.45) is 0 Å². The summed E-state index contributed by atoms with van der Waals surface area (Å²) in [5.74, 6) is 0.688. The molecule has 5 nitrogen and oxygen atoms in total. The molecule has 0 atom stereocenters. The molecule has 2 aromatic carbocycles. The van der Waals surface area contributed by atoms with Crippen LogP contribution in [0.25, 0.3) is 0 Å². The minimum absolute atomic E-state index is 0.0229. The summed E-state index contributed by atoms with van der Waals surface area (Å²) >= 11 is 0. The van der Waals surface area contributed by atoms with E-state index >= 15 is 0 Å². The fourth-order valence-corrected chi connectivity index (χ4v) is 4.20. The molecule has 152 valence electrons. The maximum Gasteiger partial charge on any atom is 0.262 e. The van der Waals surface area contributed by atoms with Gasteiger partial charge in [-0.25, -0.2) is 0 Å². The largest absolute Gasteiger partial charge is 0.483 e. The fraction of sp³-hybridized carbons (Fsp3) is 0.417. The highest BCUT2D eigenvalue weighted by Gasteiger charge is 2.18. The van der Waals surface area contributed by atoms with Crippen molar-refractivity contribution < 1.29 is 14.3 Å². The van der Waals surface area contributed by atoms with Crippen LogP contribution in [-0.4, -0.2) is 36.4 Å². The maximum atomic E-state index is 12.5. The number of nitrogens with one attached hydrogen (secondary N) is 1. The number of likely N-dealkylation sites (tertiary alicyclic amines) is 1. The van der Waals surface area contributed by atoms with Gasteiger partial charge >= 0.3 is 0 Å². The van der Waals surface area contributed by atoms with E-state index in [1.54, 1.807) is 24.3 Å². The summed E-state index contributed by atoms with van der Waals surface area (Å²) < 4.78 is 5.81. The van der Waals surface area contributed by atoms with Crippen LogP contribution in [-0.2, 0) is 17.6 Å². The molecule has 29 heavy (non-hydrogen) atoms. The molecule has 4 rings (SSSR count). The number of rotatable bonds is 5. The average molecular weight is 392 g/mol. The third kappa shape index (κ3) is 4.78. The zero-order valence-electron chi connectivity index (χ0n) is 16.8. The van der Waals surface area contributed by atoms with Gasteiger partial charge in [0.05, 0.1) is 0 Å². The van der Waals surface area contributed by atoms with E-state index in [4.69, 9.17) is 4.74 Å². The Morgan fingerprint density at radius 1 is 0.897 bits per heavy atom. The number of hydrogen-bond donors (Lipinski definition) is 1. The fourth-order valence-electron chi connectivity index (χ4n) is 4.20. The Morgan fingerprint density at radius 2 is 1.66 bits per heavy atom.